The Morgan fingerprint density at radius 1 is 0.950 bits per heavy atom. The zero-order valence-electron chi connectivity index (χ0n) is 13.9. The molecule has 0 radical (unpaired) electrons. The predicted octanol–water partition coefficient (Wildman–Crippen LogP) is 2.58. The monoisotopic (exact) mass is 288 g/mol. The molecule has 0 aliphatic rings. The fraction of sp³-hybridized carbons (Fsp3) is 0.857. The summed E-state index contributed by atoms with van der Waals surface area (Å²) in [4.78, 5) is 26.2. The SMILES string of the molecule is COC(=O)N(C)CC(C)(C)CC(C)(C)N(C)C(=O)OC. The van der Waals surface area contributed by atoms with Gasteiger partial charge in [0.25, 0.3) is 0 Å². The van der Waals surface area contributed by atoms with E-state index in [4.69, 9.17) is 9.47 Å². The third-order valence-electron chi connectivity index (χ3n) is 3.42. The molecule has 0 unspecified atom stereocenters. The first-order valence-corrected chi connectivity index (χ1v) is 6.58. The average molecular weight is 288 g/mol. The van der Waals surface area contributed by atoms with Crippen LogP contribution in [0.25, 0.3) is 0 Å². The van der Waals surface area contributed by atoms with Crippen LogP contribution in [0.15, 0.2) is 0 Å². The third kappa shape index (κ3) is 5.27. The van der Waals surface area contributed by atoms with Crippen LogP contribution in [-0.4, -0.2) is 62.4 Å². The van der Waals surface area contributed by atoms with Crippen LogP contribution in [0.3, 0.4) is 0 Å². The summed E-state index contributed by atoms with van der Waals surface area (Å²) in [7, 11) is 6.14. The number of ether oxygens (including phenoxy) is 2. The van der Waals surface area contributed by atoms with E-state index in [-0.39, 0.29) is 23.1 Å². The summed E-state index contributed by atoms with van der Waals surface area (Å²) in [6.07, 6.45) is -0.0169. The van der Waals surface area contributed by atoms with E-state index in [0.717, 1.165) is 0 Å². The Morgan fingerprint density at radius 3 is 1.80 bits per heavy atom. The lowest BCUT2D eigenvalue weighted by molar-refractivity contribution is 0.0583. The number of hydrogen-bond acceptors (Lipinski definition) is 4. The van der Waals surface area contributed by atoms with Crippen LogP contribution < -0.4 is 0 Å². The molecule has 0 fully saturated rings. The number of methoxy groups -OCH3 is 2. The molecule has 0 rings (SSSR count). The standard InChI is InChI=1S/C14H28N2O4/c1-13(2,10-15(5)11(17)19-7)9-14(3,4)16(6)12(18)20-8/h9-10H2,1-8H3. The first kappa shape index (κ1) is 18.5. The number of carbonyl (C=O) groups excluding carboxylic acids is 2. The summed E-state index contributed by atoms with van der Waals surface area (Å²) in [6.45, 7) is 8.60. The number of hydrogen-bond donors (Lipinski definition) is 0. The number of rotatable bonds is 5. The molecule has 0 heterocycles. The molecule has 2 amide bonds. The second kappa shape index (κ2) is 6.81. The summed E-state index contributed by atoms with van der Waals surface area (Å²) in [5, 5.41) is 0. The third-order valence-corrected chi connectivity index (χ3v) is 3.42. The van der Waals surface area contributed by atoms with Crippen molar-refractivity contribution < 1.29 is 19.1 Å². The average Bonchev–Trinajstić information content (AvgIpc) is 2.33. The van der Waals surface area contributed by atoms with Crippen molar-refractivity contribution in [3.63, 3.8) is 0 Å². The Hall–Kier alpha value is -1.46. The van der Waals surface area contributed by atoms with Crippen LogP contribution in [0, 0.1) is 5.41 Å². The number of carbonyl (C=O) groups is 2. The van der Waals surface area contributed by atoms with Gasteiger partial charge in [0.15, 0.2) is 0 Å². The maximum absolute atomic E-state index is 11.6. The van der Waals surface area contributed by atoms with Crippen molar-refractivity contribution >= 4 is 12.2 Å². The summed E-state index contributed by atoms with van der Waals surface area (Å²) < 4.78 is 9.45. The zero-order valence-corrected chi connectivity index (χ0v) is 13.9. The van der Waals surface area contributed by atoms with E-state index >= 15 is 0 Å². The summed E-state index contributed by atoms with van der Waals surface area (Å²) in [5.74, 6) is 0. The zero-order chi connectivity index (χ0) is 16.1. The molecule has 0 spiro atoms. The Labute approximate surface area is 122 Å². The van der Waals surface area contributed by atoms with Crippen LogP contribution in [0.2, 0.25) is 0 Å². The second-order valence-corrected chi connectivity index (χ2v) is 6.51. The Kier molecular flexibility index (Phi) is 6.32. The molecule has 0 saturated carbocycles. The van der Waals surface area contributed by atoms with Gasteiger partial charge in [0.05, 0.1) is 14.2 Å². The molecule has 0 aliphatic heterocycles. The number of amides is 2. The lowest BCUT2D eigenvalue weighted by atomic mass is 9.79. The molecule has 20 heavy (non-hydrogen) atoms. The maximum Gasteiger partial charge on any atom is 0.409 e. The van der Waals surface area contributed by atoms with E-state index in [1.54, 1.807) is 19.0 Å². The van der Waals surface area contributed by atoms with E-state index in [2.05, 4.69) is 13.8 Å². The summed E-state index contributed by atoms with van der Waals surface area (Å²) in [5.41, 5.74) is -0.553. The lowest BCUT2D eigenvalue weighted by Crippen LogP contribution is -2.49. The van der Waals surface area contributed by atoms with Crippen LogP contribution in [0.5, 0.6) is 0 Å². The first-order chi connectivity index (χ1) is 8.96. The topological polar surface area (TPSA) is 59.1 Å². The van der Waals surface area contributed by atoms with Gasteiger partial charge >= 0.3 is 12.2 Å². The normalized spacial score (nSPS) is 11.8. The maximum atomic E-state index is 11.6. The molecule has 0 aromatic carbocycles. The highest BCUT2D eigenvalue weighted by atomic mass is 16.5. The molecule has 0 aromatic rings. The van der Waals surface area contributed by atoms with Gasteiger partial charge in [-0.1, -0.05) is 13.8 Å². The molecule has 118 valence electrons. The summed E-state index contributed by atoms with van der Waals surface area (Å²) >= 11 is 0. The van der Waals surface area contributed by atoms with Gasteiger partial charge in [0.2, 0.25) is 0 Å². The molecule has 0 atom stereocenters. The molecule has 6 heteroatoms. The van der Waals surface area contributed by atoms with Crippen LogP contribution in [-0.2, 0) is 9.47 Å². The van der Waals surface area contributed by atoms with Crippen molar-refractivity contribution in [1.82, 2.24) is 9.80 Å². The van der Waals surface area contributed by atoms with E-state index in [0.29, 0.717) is 13.0 Å². The fourth-order valence-corrected chi connectivity index (χ4v) is 2.59. The molecular weight excluding hydrogens is 260 g/mol. The van der Waals surface area contributed by atoms with Gasteiger partial charge < -0.3 is 19.3 Å². The van der Waals surface area contributed by atoms with Crippen molar-refractivity contribution in [2.24, 2.45) is 5.41 Å². The van der Waals surface area contributed by atoms with Crippen molar-refractivity contribution in [1.29, 1.82) is 0 Å². The van der Waals surface area contributed by atoms with Crippen LogP contribution in [0.4, 0.5) is 9.59 Å². The van der Waals surface area contributed by atoms with Gasteiger partial charge in [0.1, 0.15) is 0 Å². The van der Waals surface area contributed by atoms with Crippen molar-refractivity contribution in [3.05, 3.63) is 0 Å². The number of nitrogens with zero attached hydrogens (tertiary/aromatic N) is 2. The van der Waals surface area contributed by atoms with Crippen molar-refractivity contribution in [3.8, 4) is 0 Å². The first-order valence-electron chi connectivity index (χ1n) is 6.58. The minimum atomic E-state index is -0.381. The molecular formula is C14H28N2O4. The molecule has 0 aromatic heterocycles. The summed E-state index contributed by atoms with van der Waals surface area (Å²) in [6, 6.07) is 0. The highest BCUT2D eigenvalue weighted by Gasteiger charge is 2.36. The smallest absolute Gasteiger partial charge is 0.409 e. The van der Waals surface area contributed by atoms with Crippen molar-refractivity contribution in [2.75, 3.05) is 34.9 Å². The van der Waals surface area contributed by atoms with Gasteiger partial charge in [-0.3, -0.25) is 0 Å². The Bertz CT molecular complexity index is 353. The van der Waals surface area contributed by atoms with E-state index in [1.165, 1.54) is 19.1 Å². The quantitative estimate of drug-likeness (QED) is 0.780. The van der Waals surface area contributed by atoms with Gasteiger partial charge in [-0.25, -0.2) is 9.59 Å². The molecule has 0 saturated heterocycles. The minimum Gasteiger partial charge on any atom is -0.453 e. The molecule has 6 nitrogen and oxygen atoms in total. The van der Waals surface area contributed by atoms with Crippen molar-refractivity contribution in [2.45, 2.75) is 39.7 Å². The van der Waals surface area contributed by atoms with Gasteiger partial charge in [-0.2, -0.15) is 0 Å². The predicted molar refractivity (Wildman–Crippen MR) is 77.7 cm³/mol. The Morgan fingerprint density at radius 2 is 1.40 bits per heavy atom. The van der Waals surface area contributed by atoms with E-state index in [9.17, 15) is 9.59 Å². The minimum absolute atomic E-state index is 0.172. The van der Waals surface area contributed by atoms with Crippen LogP contribution >= 0.6 is 0 Å². The fourth-order valence-electron chi connectivity index (χ4n) is 2.59. The largest absolute Gasteiger partial charge is 0.453 e. The van der Waals surface area contributed by atoms with Crippen LogP contribution in [0.1, 0.15) is 34.1 Å². The molecule has 0 N–H and O–H groups in total. The van der Waals surface area contributed by atoms with Gasteiger partial charge in [-0.05, 0) is 25.7 Å². The lowest BCUT2D eigenvalue weighted by Gasteiger charge is -2.41. The Balaban J connectivity index is 4.81. The van der Waals surface area contributed by atoms with Gasteiger partial charge in [0, 0.05) is 26.2 Å². The van der Waals surface area contributed by atoms with Gasteiger partial charge in [-0.15, -0.1) is 0 Å². The highest BCUT2D eigenvalue weighted by molar-refractivity contribution is 5.68. The molecule has 0 bridgehead atoms. The van der Waals surface area contributed by atoms with E-state index < -0.39 is 0 Å². The second-order valence-electron chi connectivity index (χ2n) is 6.51. The molecule has 0 aliphatic carbocycles. The van der Waals surface area contributed by atoms with E-state index in [1.807, 2.05) is 13.8 Å². The highest BCUT2D eigenvalue weighted by Crippen LogP contribution is 2.32.